The molecule has 0 aromatic carbocycles. The Balaban J connectivity index is 2.12. The van der Waals surface area contributed by atoms with Crippen molar-refractivity contribution in [2.45, 2.75) is 32.4 Å². The van der Waals surface area contributed by atoms with Gasteiger partial charge in [-0.25, -0.2) is 0 Å². The average molecular weight is 235 g/mol. The first kappa shape index (κ1) is 12.3. The van der Waals surface area contributed by atoms with Crippen LogP contribution < -0.4 is 10.6 Å². The normalized spacial score (nSPS) is 21.3. The van der Waals surface area contributed by atoms with Crippen LogP contribution in [0.2, 0.25) is 0 Å². The lowest BCUT2D eigenvalue weighted by molar-refractivity contribution is -0.0277. The van der Waals surface area contributed by atoms with Gasteiger partial charge in [-0.2, -0.15) is 0 Å². The molecule has 1 saturated heterocycles. The predicted octanol–water partition coefficient (Wildman–Crippen LogP) is 1.72. The Morgan fingerprint density at radius 1 is 1.47 bits per heavy atom. The quantitative estimate of drug-likeness (QED) is 0.848. The lowest BCUT2D eigenvalue weighted by Crippen LogP contribution is -2.48. The van der Waals surface area contributed by atoms with Crippen LogP contribution in [0.3, 0.4) is 0 Å². The van der Waals surface area contributed by atoms with Crippen LogP contribution in [0.15, 0.2) is 18.3 Å². The molecule has 1 aromatic rings. The van der Waals surface area contributed by atoms with Crippen LogP contribution in [0.4, 0.5) is 5.69 Å². The zero-order valence-electron chi connectivity index (χ0n) is 10.8. The fraction of sp³-hybridized carbons (Fsp3) is 0.615. The molecule has 2 heterocycles. The minimum atomic E-state index is -0.0852. The predicted molar refractivity (Wildman–Crippen MR) is 69.1 cm³/mol. The third-order valence-corrected chi connectivity index (χ3v) is 3.03. The first-order valence-corrected chi connectivity index (χ1v) is 6.08. The monoisotopic (exact) mass is 235 g/mol. The third kappa shape index (κ3) is 2.96. The molecule has 0 bridgehead atoms. The summed E-state index contributed by atoms with van der Waals surface area (Å²) in [6.07, 6.45) is 1.90. The van der Waals surface area contributed by atoms with Gasteiger partial charge in [0.25, 0.3) is 0 Å². The van der Waals surface area contributed by atoms with Crippen molar-refractivity contribution in [2.75, 3.05) is 24.6 Å². The van der Waals surface area contributed by atoms with Gasteiger partial charge in [-0.1, -0.05) is 0 Å². The van der Waals surface area contributed by atoms with E-state index in [0.29, 0.717) is 0 Å². The van der Waals surface area contributed by atoms with Crippen molar-refractivity contribution in [2.24, 2.45) is 5.73 Å². The second-order valence-electron chi connectivity index (χ2n) is 5.26. The van der Waals surface area contributed by atoms with Crippen LogP contribution in [0.1, 0.15) is 32.5 Å². The van der Waals surface area contributed by atoms with Crippen molar-refractivity contribution in [3.8, 4) is 0 Å². The second-order valence-corrected chi connectivity index (χ2v) is 5.26. The number of morpholine rings is 1. The first-order valence-electron chi connectivity index (χ1n) is 6.08. The zero-order valence-corrected chi connectivity index (χ0v) is 10.8. The molecule has 0 spiro atoms. The van der Waals surface area contributed by atoms with Crippen molar-refractivity contribution in [3.05, 3.63) is 24.0 Å². The molecule has 1 fully saturated rings. The molecule has 1 aliphatic heterocycles. The Hall–Kier alpha value is -1.13. The van der Waals surface area contributed by atoms with E-state index in [2.05, 4.69) is 29.8 Å². The smallest absolute Gasteiger partial charge is 0.0801 e. The molecule has 2 N–H and O–H groups in total. The van der Waals surface area contributed by atoms with Gasteiger partial charge in [0.2, 0.25) is 0 Å². The maximum absolute atomic E-state index is 5.79. The molecule has 94 valence electrons. The molecule has 1 aromatic heterocycles. The number of nitrogens with zero attached hydrogens (tertiary/aromatic N) is 2. The Morgan fingerprint density at radius 3 is 2.76 bits per heavy atom. The van der Waals surface area contributed by atoms with Gasteiger partial charge in [-0.05, 0) is 32.9 Å². The van der Waals surface area contributed by atoms with Gasteiger partial charge in [0.1, 0.15) is 0 Å². The Morgan fingerprint density at radius 2 is 2.24 bits per heavy atom. The molecule has 1 unspecified atom stereocenters. The first-order chi connectivity index (χ1) is 7.98. The minimum Gasteiger partial charge on any atom is -0.372 e. The number of nitrogens with two attached hydrogens (primary N) is 1. The van der Waals surface area contributed by atoms with Crippen LogP contribution in [0, 0.1) is 0 Å². The van der Waals surface area contributed by atoms with Crippen LogP contribution in [-0.4, -0.2) is 30.3 Å². The fourth-order valence-electron chi connectivity index (χ4n) is 2.09. The molecule has 0 aliphatic carbocycles. The van der Waals surface area contributed by atoms with Gasteiger partial charge in [-0.3, -0.25) is 4.98 Å². The SMILES string of the molecule is CC(N)c1ccc(N2CCOC(C)(C)C2)cn1. The number of hydrogen-bond donors (Lipinski definition) is 1. The summed E-state index contributed by atoms with van der Waals surface area (Å²) in [5.41, 5.74) is 7.78. The maximum atomic E-state index is 5.79. The molecule has 4 heteroatoms. The highest BCUT2D eigenvalue weighted by Crippen LogP contribution is 2.23. The Labute approximate surface area is 103 Å². The molecular weight excluding hydrogens is 214 g/mol. The summed E-state index contributed by atoms with van der Waals surface area (Å²) >= 11 is 0. The largest absolute Gasteiger partial charge is 0.372 e. The van der Waals surface area contributed by atoms with Gasteiger partial charge in [0.05, 0.1) is 29.8 Å². The second kappa shape index (κ2) is 4.63. The van der Waals surface area contributed by atoms with Crippen LogP contribution in [0.25, 0.3) is 0 Å². The van der Waals surface area contributed by atoms with E-state index in [0.717, 1.165) is 31.1 Å². The summed E-state index contributed by atoms with van der Waals surface area (Å²) in [4.78, 5) is 6.70. The number of anilines is 1. The highest BCUT2D eigenvalue weighted by Gasteiger charge is 2.27. The summed E-state index contributed by atoms with van der Waals surface area (Å²) < 4.78 is 5.70. The lowest BCUT2D eigenvalue weighted by atomic mass is 10.1. The van der Waals surface area contributed by atoms with E-state index >= 15 is 0 Å². The molecular formula is C13H21N3O. The number of ether oxygens (including phenoxy) is 1. The third-order valence-electron chi connectivity index (χ3n) is 3.03. The molecule has 0 radical (unpaired) electrons. The van der Waals surface area contributed by atoms with Crippen LogP contribution in [-0.2, 0) is 4.74 Å². The zero-order chi connectivity index (χ0) is 12.5. The lowest BCUT2D eigenvalue weighted by Gasteiger charge is -2.39. The number of pyridine rings is 1. The van der Waals surface area contributed by atoms with Crippen LogP contribution >= 0.6 is 0 Å². The van der Waals surface area contributed by atoms with Gasteiger partial charge < -0.3 is 15.4 Å². The number of aromatic nitrogens is 1. The maximum Gasteiger partial charge on any atom is 0.0801 e. The molecule has 1 atom stereocenters. The van der Waals surface area contributed by atoms with Crippen molar-refractivity contribution >= 4 is 5.69 Å². The minimum absolute atomic E-state index is 0.00909. The summed E-state index contributed by atoms with van der Waals surface area (Å²) in [7, 11) is 0. The van der Waals surface area contributed by atoms with E-state index in [1.54, 1.807) is 0 Å². The molecule has 1 aliphatic rings. The van der Waals surface area contributed by atoms with E-state index < -0.39 is 0 Å². The topological polar surface area (TPSA) is 51.4 Å². The number of hydrogen-bond acceptors (Lipinski definition) is 4. The van der Waals surface area contributed by atoms with Gasteiger partial charge >= 0.3 is 0 Å². The number of rotatable bonds is 2. The van der Waals surface area contributed by atoms with Crippen molar-refractivity contribution in [1.82, 2.24) is 4.98 Å². The molecule has 2 rings (SSSR count). The van der Waals surface area contributed by atoms with Gasteiger partial charge in [-0.15, -0.1) is 0 Å². The van der Waals surface area contributed by atoms with Crippen molar-refractivity contribution < 1.29 is 4.74 Å². The van der Waals surface area contributed by atoms with E-state index in [1.165, 1.54) is 0 Å². The highest BCUT2D eigenvalue weighted by atomic mass is 16.5. The van der Waals surface area contributed by atoms with Gasteiger partial charge in [0, 0.05) is 19.1 Å². The van der Waals surface area contributed by atoms with E-state index in [9.17, 15) is 0 Å². The molecule has 0 saturated carbocycles. The van der Waals surface area contributed by atoms with E-state index in [1.807, 2.05) is 19.2 Å². The van der Waals surface area contributed by atoms with Gasteiger partial charge in [0.15, 0.2) is 0 Å². The van der Waals surface area contributed by atoms with Crippen molar-refractivity contribution in [3.63, 3.8) is 0 Å². The summed E-state index contributed by atoms with van der Waals surface area (Å²) in [5.74, 6) is 0. The highest BCUT2D eigenvalue weighted by molar-refractivity contribution is 5.45. The molecule has 17 heavy (non-hydrogen) atoms. The summed E-state index contributed by atoms with van der Waals surface area (Å²) in [5, 5.41) is 0. The van der Waals surface area contributed by atoms with Crippen molar-refractivity contribution in [1.29, 1.82) is 0 Å². The summed E-state index contributed by atoms with van der Waals surface area (Å²) in [6.45, 7) is 8.75. The Bertz CT molecular complexity index is 373. The Kier molecular flexibility index (Phi) is 3.35. The molecule has 0 amide bonds. The fourth-order valence-corrected chi connectivity index (χ4v) is 2.09. The van der Waals surface area contributed by atoms with E-state index in [4.69, 9.17) is 10.5 Å². The standard InChI is InChI=1S/C13H21N3O/c1-10(14)12-5-4-11(8-15-12)16-6-7-17-13(2,3)9-16/h4-5,8,10H,6-7,9,14H2,1-3H3. The summed E-state index contributed by atoms with van der Waals surface area (Å²) in [6, 6.07) is 4.08. The average Bonchev–Trinajstić information content (AvgIpc) is 2.28. The van der Waals surface area contributed by atoms with Crippen LogP contribution in [0.5, 0.6) is 0 Å². The van der Waals surface area contributed by atoms with E-state index in [-0.39, 0.29) is 11.6 Å². The molecule has 4 nitrogen and oxygen atoms in total.